The van der Waals surface area contributed by atoms with Crippen molar-refractivity contribution in [3.63, 3.8) is 0 Å². The summed E-state index contributed by atoms with van der Waals surface area (Å²) in [6, 6.07) is 8.11. The van der Waals surface area contributed by atoms with E-state index in [4.69, 9.17) is 4.74 Å². The number of nitrogens with one attached hydrogen (secondary N) is 2. The normalized spacial score (nSPS) is 13.0. The van der Waals surface area contributed by atoms with Gasteiger partial charge in [-0.15, -0.1) is 11.3 Å². The van der Waals surface area contributed by atoms with Crippen molar-refractivity contribution in [2.24, 2.45) is 0 Å². The van der Waals surface area contributed by atoms with Gasteiger partial charge < -0.3 is 10.1 Å². The predicted molar refractivity (Wildman–Crippen MR) is 104 cm³/mol. The van der Waals surface area contributed by atoms with E-state index < -0.39 is 27.6 Å². The summed E-state index contributed by atoms with van der Waals surface area (Å²) < 4.78 is 32.3. The number of thiophene rings is 1. The Bertz CT molecular complexity index is 898. The highest BCUT2D eigenvalue weighted by atomic mass is 32.2. The number of sulfonamides is 1. The smallest absolute Gasteiger partial charge is 0.324 e. The number of amides is 1. The molecule has 2 rings (SSSR count). The van der Waals surface area contributed by atoms with Crippen LogP contribution >= 0.6 is 11.3 Å². The Kier molecular flexibility index (Phi) is 6.40. The summed E-state index contributed by atoms with van der Waals surface area (Å²) >= 11 is 1.31. The van der Waals surface area contributed by atoms with Gasteiger partial charge in [0.2, 0.25) is 10.0 Å². The summed E-state index contributed by atoms with van der Waals surface area (Å²) in [4.78, 5) is 24.5. The van der Waals surface area contributed by atoms with Crippen molar-refractivity contribution in [1.82, 2.24) is 4.72 Å². The van der Waals surface area contributed by atoms with Crippen LogP contribution in [0, 0.1) is 0 Å². The van der Waals surface area contributed by atoms with E-state index in [1.54, 1.807) is 38.3 Å². The number of hydrogen-bond acceptors (Lipinski definition) is 6. The van der Waals surface area contributed by atoms with Crippen LogP contribution in [0.25, 0.3) is 0 Å². The van der Waals surface area contributed by atoms with Gasteiger partial charge in [-0.05, 0) is 63.4 Å². The minimum absolute atomic E-state index is 0.0213. The summed E-state index contributed by atoms with van der Waals surface area (Å²) in [6.07, 6.45) is 0. The molecule has 27 heavy (non-hydrogen) atoms. The van der Waals surface area contributed by atoms with E-state index in [0.29, 0.717) is 10.6 Å². The maximum atomic E-state index is 12.4. The number of ether oxygens (including phenoxy) is 1. The Labute approximate surface area is 162 Å². The molecule has 2 aromatic rings. The second-order valence-electron chi connectivity index (χ2n) is 6.83. The third-order valence-electron chi connectivity index (χ3n) is 3.26. The Balaban J connectivity index is 2.04. The van der Waals surface area contributed by atoms with E-state index in [1.165, 1.54) is 42.5 Å². The standard InChI is InChI=1S/C18H22N2O5S2/c1-12(17(22)25-18(2,3)4)20-27(23,24)14-9-7-13(8-10-14)19-16(21)15-6-5-11-26-15/h5-12,20H,1-4H3,(H,19,21)/t12-/m1/s1. The maximum absolute atomic E-state index is 12.4. The fraction of sp³-hybridized carbons (Fsp3) is 0.333. The molecule has 0 aliphatic carbocycles. The lowest BCUT2D eigenvalue weighted by atomic mass is 10.2. The van der Waals surface area contributed by atoms with Gasteiger partial charge in [0.05, 0.1) is 9.77 Å². The fourth-order valence-electron chi connectivity index (χ4n) is 2.06. The Morgan fingerprint density at radius 3 is 2.26 bits per heavy atom. The first-order valence-corrected chi connectivity index (χ1v) is 10.5. The fourth-order valence-corrected chi connectivity index (χ4v) is 3.87. The first-order valence-electron chi connectivity index (χ1n) is 8.18. The van der Waals surface area contributed by atoms with Gasteiger partial charge in [0.15, 0.2) is 0 Å². The molecular weight excluding hydrogens is 388 g/mol. The van der Waals surface area contributed by atoms with Crippen molar-refractivity contribution in [1.29, 1.82) is 0 Å². The lowest BCUT2D eigenvalue weighted by Crippen LogP contribution is -2.42. The average molecular weight is 411 g/mol. The third kappa shape index (κ3) is 6.16. The minimum Gasteiger partial charge on any atom is -0.459 e. The van der Waals surface area contributed by atoms with Gasteiger partial charge in [0.25, 0.3) is 5.91 Å². The first-order chi connectivity index (χ1) is 12.5. The number of esters is 1. The molecule has 1 heterocycles. The second-order valence-corrected chi connectivity index (χ2v) is 9.49. The lowest BCUT2D eigenvalue weighted by Gasteiger charge is -2.22. The average Bonchev–Trinajstić information content (AvgIpc) is 3.08. The Morgan fingerprint density at radius 2 is 1.74 bits per heavy atom. The molecule has 0 fully saturated rings. The molecule has 1 aromatic heterocycles. The molecule has 0 spiro atoms. The predicted octanol–water partition coefficient (Wildman–Crippen LogP) is 3.01. The zero-order chi connectivity index (χ0) is 20.2. The molecule has 9 heteroatoms. The van der Waals surface area contributed by atoms with E-state index >= 15 is 0 Å². The van der Waals surface area contributed by atoms with Crippen LogP contribution in [0.4, 0.5) is 5.69 Å². The molecule has 146 valence electrons. The van der Waals surface area contributed by atoms with Crippen LogP contribution in [-0.4, -0.2) is 31.9 Å². The molecule has 0 radical (unpaired) electrons. The van der Waals surface area contributed by atoms with Crippen molar-refractivity contribution in [3.05, 3.63) is 46.7 Å². The van der Waals surface area contributed by atoms with E-state index in [2.05, 4.69) is 10.0 Å². The molecule has 1 atom stereocenters. The van der Waals surface area contributed by atoms with Crippen LogP contribution in [0.15, 0.2) is 46.7 Å². The lowest BCUT2D eigenvalue weighted by molar-refractivity contribution is -0.156. The Morgan fingerprint density at radius 1 is 1.11 bits per heavy atom. The Hall–Kier alpha value is -2.23. The van der Waals surface area contributed by atoms with Gasteiger partial charge in [-0.1, -0.05) is 6.07 Å². The highest BCUT2D eigenvalue weighted by Crippen LogP contribution is 2.17. The molecule has 0 saturated carbocycles. The van der Waals surface area contributed by atoms with Crippen LogP contribution in [-0.2, 0) is 19.6 Å². The number of anilines is 1. The van der Waals surface area contributed by atoms with Gasteiger partial charge >= 0.3 is 5.97 Å². The van der Waals surface area contributed by atoms with Gasteiger partial charge in [0.1, 0.15) is 11.6 Å². The maximum Gasteiger partial charge on any atom is 0.324 e. The number of hydrogen-bond donors (Lipinski definition) is 2. The van der Waals surface area contributed by atoms with E-state index in [1.807, 2.05) is 0 Å². The SMILES string of the molecule is C[C@@H](NS(=O)(=O)c1ccc(NC(=O)c2cccs2)cc1)C(=O)OC(C)(C)C. The van der Waals surface area contributed by atoms with E-state index in [-0.39, 0.29) is 10.8 Å². The zero-order valence-electron chi connectivity index (χ0n) is 15.5. The van der Waals surface area contributed by atoms with Crippen molar-refractivity contribution in [2.45, 2.75) is 44.2 Å². The molecule has 0 bridgehead atoms. The van der Waals surface area contributed by atoms with Crippen LogP contribution < -0.4 is 10.0 Å². The quantitative estimate of drug-likeness (QED) is 0.713. The minimum atomic E-state index is -3.91. The zero-order valence-corrected chi connectivity index (χ0v) is 17.1. The summed E-state index contributed by atoms with van der Waals surface area (Å²) in [7, 11) is -3.91. The summed E-state index contributed by atoms with van der Waals surface area (Å²) in [5.41, 5.74) is -0.244. The van der Waals surface area contributed by atoms with Gasteiger partial charge in [-0.2, -0.15) is 4.72 Å². The number of carbonyl (C=O) groups is 2. The topological polar surface area (TPSA) is 102 Å². The van der Waals surface area contributed by atoms with Crippen molar-refractivity contribution in [2.75, 3.05) is 5.32 Å². The molecule has 0 aliphatic heterocycles. The second kappa shape index (κ2) is 8.20. The first kappa shape index (κ1) is 21.1. The van der Waals surface area contributed by atoms with Gasteiger partial charge in [-0.3, -0.25) is 9.59 Å². The van der Waals surface area contributed by atoms with Crippen LogP contribution in [0.1, 0.15) is 37.4 Å². The molecule has 0 saturated heterocycles. The molecular formula is C18H22N2O5S2. The highest BCUT2D eigenvalue weighted by molar-refractivity contribution is 7.89. The third-order valence-corrected chi connectivity index (χ3v) is 5.68. The molecule has 0 aliphatic rings. The number of rotatable bonds is 6. The number of carbonyl (C=O) groups excluding carboxylic acids is 2. The van der Waals surface area contributed by atoms with Crippen molar-refractivity contribution >= 4 is 38.9 Å². The number of benzene rings is 1. The van der Waals surface area contributed by atoms with Gasteiger partial charge in [-0.25, -0.2) is 8.42 Å². The van der Waals surface area contributed by atoms with E-state index in [0.717, 1.165) is 0 Å². The van der Waals surface area contributed by atoms with Crippen LogP contribution in [0.2, 0.25) is 0 Å². The molecule has 0 unspecified atom stereocenters. The summed E-state index contributed by atoms with van der Waals surface area (Å²) in [5, 5.41) is 4.48. The van der Waals surface area contributed by atoms with E-state index in [9.17, 15) is 18.0 Å². The largest absolute Gasteiger partial charge is 0.459 e. The van der Waals surface area contributed by atoms with Crippen molar-refractivity contribution in [3.8, 4) is 0 Å². The highest BCUT2D eigenvalue weighted by Gasteiger charge is 2.26. The van der Waals surface area contributed by atoms with Gasteiger partial charge in [0, 0.05) is 5.69 Å². The molecule has 1 amide bonds. The molecule has 1 aromatic carbocycles. The van der Waals surface area contributed by atoms with Crippen LogP contribution in [0.5, 0.6) is 0 Å². The van der Waals surface area contributed by atoms with Crippen LogP contribution in [0.3, 0.4) is 0 Å². The molecule has 7 nitrogen and oxygen atoms in total. The van der Waals surface area contributed by atoms with Crippen molar-refractivity contribution < 1.29 is 22.7 Å². The molecule has 2 N–H and O–H groups in total. The summed E-state index contributed by atoms with van der Waals surface area (Å²) in [6.45, 7) is 6.53. The monoisotopic (exact) mass is 410 g/mol. The summed E-state index contributed by atoms with van der Waals surface area (Å²) in [5.74, 6) is -0.928.